The smallest absolute Gasteiger partial charge is 0.162 e. The maximum absolute atomic E-state index is 13.3. The fourth-order valence-electron chi connectivity index (χ4n) is 2.12. The predicted octanol–water partition coefficient (Wildman–Crippen LogP) is 2.47. The molecule has 0 aliphatic carbocycles. The van der Waals surface area contributed by atoms with Crippen LogP contribution in [0.5, 0.6) is 0 Å². The average Bonchev–Trinajstić information content (AvgIpc) is 2.43. The summed E-state index contributed by atoms with van der Waals surface area (Å²) in [7, 11) is 0. The number of Topliss-reactive ketones (excluding diaryl/α,β-unsaturated/α-hetero) is 1. The topological polar surface area (TPSA) is 38.3 Å². The second kappa shape index (κ2) is 7.12. The van der Waals surface area contributed by atoms with E-state index in [1.54, 1.807) is 12.1 Å². The van der Waals surface area contributed by atoms with Crippen LogP contribution in [-0.4, -0.2) is 31.6 Å². The number of carbonyl (C=O) groups excluding carboxylic acids is 1. The van der Waals surface area contributed by atoms with E-state index in [0.29, 0.717) is 10.0 Å². The number of hydrogen-bond donors (Lipinski definition) is 1. The second-order valence-electron chi connectivity index (χ2n) is 4.69. The fourth-order valence-corrected chi connectivity index (χ4v) is 2.53. The molecule has 2 rings (SSSR count). The number of carbonyl (C=O) groups is 1. The van der Waals surface area contributed by atoms with Crippen LogP contribution in [0.15, 0.2) is 22.7 Å². The van der Waals surface area contributed by atoms with E-state index >= 15 is 0 Å². The van der Waals surface area contributed by atoms with Crippen LogP contribution in [0, 0.1) is 5.82 Å². The van der Waals surface area contributed by atoms with Gasteiger partial charge in [0.2, 0.25) is 0 Å². The first-order valence-corrected chi connectivity index (χ1v) is 7.23. The van der Waals surface area contributed by atoms with Gasteiger partial charge in [0, 0.05) is 6.42 Å². The van der Waals surface area contributed by atoms with Gasteiger partial charge in [-0.2, -0.15) is 0 Å². The zero-order chi connectivity index (χ0) is 13.7. The molecule has 19 heavy (non-hydrogen) atoms. The molecule has 1 N–H and O–H groups in total. The first kappa shape index (κ1) is 14.6. The van der Waals surface area contributed by atoms with E-state index in [1.165, 1.54) is 6.07 Å². The van der Waals surface area contributed by atoms with Crippen molar-refractivity contribution in [3.63, 3.8) is 0 Å². The number of benzene rings is 1. The molecule has 0 saturated carbocycles. The highest BCUT2D eigenvalue weighted by Gasteiger charge is 2.16. The van der Waals surface area contributed by atoms with Crippen molar-refractivity contribution in [2.75, 3.05) is 19.7 Å². The summed E-state index contributed by atoms with van der Waals surface area (Å²) in [6.07, 6.45) is 2.25. The van der Waals surface area contributed by atoms with Crippen molar-refractivity contribution in [1.82, 2.24) is 5.32 Å². The standard InChI is InChI=1S/C14H17BrFNO2/c15-14-10(2-1-3-13(14)16)8-11(18)9-19-12-4-6-17-7-5-12/h1-3,12,17H,4-9H2. The minimum absolute atomic E-state index is 0.0233. The molecular formula is C14H17BrFNO2. The largest absolute Gasteiger partial charge is 0.370 e. The van der Waals surface area contributed by atoms with Crippen LogP contribution in [0.1, 0.15) is 18.4 Å². The van der Waals surface area contributed by atoms with E-state index in [-0.39, 0.29) is 30.7 Å². The van der Waals surface area contributed by atoms with Gasteiger partial charge < -0.3 is 10.1 Å². The van der Waals surface area contributed by atoms with Gasteiger partial charge in [0.25, 0.3) is 0 Å². The maximum atomic E-state index is 13.3. The van der Waals surface area contributed by atoms with Gasteiger partial charge in [0.05, 0.1) is 10.6 Å². The van der Waals surface area contributed by atoms with Gasteiger partial charge in [-0.15, -0.1) is 0 Å². The van der Waals surface area contributed by atoms with Gasteiger partial charge in [0.15, 0.2) is 5.78 Å². The summed E-state index contributed by atoms with van der Waals surface area (Å²) < 4.78 is 19.3. The molecule has 1 aromatic carbocycles. The molecule has 0 bridgehead atoms. The van der Waals surface area contributed by atoms with E-state index in [2.05, 4.69) is 21.2 Å². The monoisotopic (exact) mass is 329 g/mol. The van der Waals surface area contributed by atoms with Crippen LogP contribution in [0.25, 0.3) is 0 Å². The zero-order valence-electron chi connectivity index (χ0n) is 10.6. The lowest BCUT2D eigenvalue weighted by Gasteiger charge is -2.22. The minimum atomic E-state index is -0.343. The maximum Gasteiger partial charge on any atom is 0.162 e. The lowest BCUT2D eigenvalue weighted by molar-refractivity contribution is -0.125. The molecule has 1 fully saturated rings. The summed E-state index contributed by atoms with van der Waals surface area (Å²) in [5.41, 5.74) is 0.666. The van der Waals surface area contributed by atoms with Gasteiger partial charge >= 0.3 is 0 Å². The molecule has 0 atom stereocenters. The summed E-state index contributed by atoms with van der Waals surface area (Å²) in [6.45, 7) is 1.98. The molecule has 3 nitrogen and oxygen atoms in total. The van der Waals surface area contributed by atoms with E-state index in [1.807, 2.05) is 0 Å². The molecule has 104 valence electrons. The minimum Gasteiger partial charge on any atom is -0.370 e. The molecule has 1 saturated heterocycles. The van der Waals surface area contributed by atoms with Crippen molar-refractivity contribution in [3.05, 3.63) is 34.1 Å². The predicted molar refractivity (Wildman–Crippen MR) is 74.7 cm³/mol. The van der Waals surface area contributed by atoms with E-state index < -0.39 is 0 Å². The van der Waals surface area contributed by atoms with Crippen LogP contribution >= 0.6 is 15.9 Å². The fraction of sp³-hybridized carbons (Fsp3) is 0.500. The van der Waals surface area contributed by atoms with Crippen LogP contribution in [-0.2, 0) is 16.0 Å². The van der Waals surface area contributed by atoms with Gasteiger partial charge in [-0.3, -0.25) is 4.79 Å². The third kappa shape index (κ3) is 4.37. The molecule has 1 heterocycles. The number of nitrogens with one attached hydrogen (secondary N) is 1. The number of ketones is 1. The van der Waals surface area contributed by atoms with Gasteiger partial charge in [-0.25, -0.2) is 4.39 Å². The summed E-state index contributed by atoms with van der Waals surface area (Å²) in [5, 5.41) is 3.24. The Kier molecular flexibility index (Phi) is 5.48. The van der Waals surface area contributed by atoms with Crippen LogP contribution < -0.4 is 5.32 Å². The Labute approximate surface area is 120 Å². The third-order valence-corrected chi connectivity index (χ3v) is 4.07. The molecule has 0 amide bonds. The molecule has 1 aliphatic rings. The van der Waals surface area contributed by atoms with Crippen LogP contribution in [0.2, 0.25) is 0 Å². The van der Waals surface area contributed by atoms with Crippen molar-refractivity contribution >= 4 is 21.7 Å². The molecule has 1 aromatic rings. The van der Waals surface area contributed by atoms with Crippen LogP contribution in [0.3, 0.4) is 0 Å². The Morgan fingerprint density at radius 3 is 2.89 bits per heavy atom. The van der Waals surface area contributed by atoms with Crippen LogP contribution in [0.4, 0.5) is 4.39 Å². The van der Waals surface area contributed by atoms with Crippen molar-refractivity contribution in [2.24, 2.45) is 0 Å². The molecule has 5 heteroatoms. The Balaban J connectivity index is 1.82. The van der Waals surface area contributed by atoms with Gasteiger partial charge in [-0.1, -0.05) is 12.1 Å². The normalized spacial score (nSPS) is 16.5. The second-order valence-corrected chi connectivity index (χ2v) is 5.48. The number of piperidine rings is 1. The quantitative estimate of drug-likeness (QED) is 0.901. The molecule has 1 aliphatic heterocycles. The summed E-state index contributed by atoms with van der Waals surface area (Å²) in [4.78, 5) is 11.8. The van der Waals surface area contributed by atoms with E-state index in [9.17, 15) is 9.18 Å². The van der Waals surface area contributed by atoms with E-state index in [4.69, 9.17) is 4.74 Å². The molecule has 0 spiro atoms. The van der Waals surface area contributed by atoms with E-state index in [0.717, 1.165) is 25.9 Å². The Morgan fingerprint density at radius 1 is 1.42 bits per heavy atom. The zero-order valence-corrected chi connectivity index (χ0v) is 12.2. The summed E-state index contributed by atoms with van der Waals surface area (Å²) in [5.74, 6) is -0.366. The highest BCUT2D eigenvalue weighted by atomic mass is 79.9. The number of ether oxygens (including phenoxy) is 1. The SMILES string of the molecule is O=C(COC1CCNCC1)Cc1cccc(F)c1Br. The van der Waals surface area contributed by atoms with Gasteiger partial charge in [0.1, 0.15) is 12.4 Å². The van der Waals surface area contributed by atoms with Crippen molar-refractivity contribution in [3.8, 4) is 0 Å². The van der Waals surface area contributed by atoms with Crippen molar-refractivity contribution in [1.29, 1.82) is 0 Å². The molecule has 0 unspecified atom stereocenters. The summed E-state index contributed by atoms with van der Waals surface area (Å²) in [6, 6.07) is 4.72. The highest BCUT2D eigenvalue weighted by Crippen LogP contribution is 2.21. The summed E-state index contributed by atoms with van der Waals surface area (Å²) >= 11 is 3.16. The first-order valence-electron chi connectivity index (χ1n) is 6.43. The van der Waals surface area contributed by atoms with Gasteiger partial charge in [-0.05, 0) is 53.5 Å². The number of rotatable bonds is 5. The Bertz CT molecular complexity index is 447. The molecular weight excluding hydrogens is 313 g/mol. The Hall–Kier alpha value is -0.780. The average molecular weight is 330 g/mol. The Morgan fingerprint density at radius 2 is 2.16 bits per heavy atom. The highest BCUT2D eigenvalue weighted by molar-refractivity contribution is 9.10. The van der Waals surface area contributed by atoms with Crippen molar-refractivity contribution in [2.45, 2.75) is 25.4 Å². The lowest BCUT2D eigenvalue weighted by atomic mass is 10.1. The molecule has 0 radical (unpaired) electrons. The number of halogens is 2. The lowest BCUT2D eigenvalue weighted by Crippen LogP contribution is -2.33. The first-order chi connectivity index (χ1) is 9.16. The molecule has 0 aromatic heterocycles. The van der Waals surface area contributed by atoms with Crippen molar-refractivity contribution < 1.29 is 13.9 Å². The third-order valence-electron chi connectivity index (χ3n) is 3.19. The number of hydrogen-bond acceptors (Lipinski definition) is 3.